The summed E-state index contributed by atoms with van der Waals surface area (Å²) >= 11 is 0. The van der Waals surface area contributed by atoms with Gasteiger partial charge in [-0.2, -0.15) is 5.10 Å². The summed E-state index contributed by atoms with van der Waals surface area (Å²) in [5.41, 5.74) is -3.38. The molecule has 25 heavy (non-hydrogen) atoms. The average Bonchev–Trinajstić information content (AvgIpc) is 3.13. The van der Waals surface area contributed by atoms with Gasteiger partial charge in [-0.25, -0.2) is 5.10 Å². The minimum atomic E-state index is -1.45. The van der Waals surface area contributed by atoms with Gasteiger partial charge in [-0.15, -0.1) is 0 Å². The van der Waals surface area contributed by atoms with E-state index in [1.54, 1.807) is 24.3 Å². The van der Waals surface area contributed by atoms with Crippen LogP contribution >= 0.6 is 0 Å². The molecule has 2 fully saturated rings. The summed E-state index contributed by atoms with van der Waals surface area (Å²) in [5.74, 6) is -3.03. The highest BCUT2D eigenvalue weighted by Crippen LogP contribution is 2.68. The molecule has 1 aromatic carbocycles. The first-order chi connectivity index (χ1) is 11.8. The Labute approximate surface area is 139 Å². The predicted octanol–water partition coefficient (Wildman–Crippen LogP) is -0.0754. The summed E-state index contributed by atoms with van der Waals surface area (Å²) in [6.45, 7) is -0.384. The highest BCUT2D eigenvalue weighted by molar-refractivity contribution is 6.06. The lowest BCUT2D eigenvalue weighted by Gasteiger charge is -2.20. The molecule has 0 spiro atoms. The fraction of sp³-hybridized carbons (Fsp3) is 0.312. The minimum absolute atomic E-state index is 0.00818. The minimum Gasteiger partial charge on any atom is -0.481 e. The van der Waals surface area contributed by atoms with Crippen LogP contribution in [0.5, 0.6) is 0 Å². The number of likely N-dealkylation sites (tertiary alicyclic amines) is 1. The third-order valence-electron chi connectivity index (χ3n) is 5.32. The van der Waals surface area contributed by atoms with Gasteiger partial charge in [0.05, 0.1) is 5.39 Å². The Kier molecular flexibility index (Phi) is 2.85. The molecule has 2 atom stereocenters. The average molecular weight is 343 g/mol. The van der Waals surface area contributed by atoms with E-state index in [9.17, 15) is 29.4 Å². The van der Waals surface area contributed by atoms with Crippen LogP contribution < -0.4 is 5.56 Å². The van der Waals surface area contributed by atoms with Crippen molar-refractivity contribution in [2.45, 2.75) is 6.42 Å². The van der Waals surface area contributed by atoms with Crippen LogP contribution in [0.15, 0.2) is 29.1 Å². The maximum atomic E-state index is 12.8. The lowest BCUT2D eigenvalue weighted by Crippen LogP contribution is -2.35. The van der Waals surface area contributed by atoms with E-state index in [0.29, 0.717) is 5.39 Å². The maximum Gasteiger partial charge on any atom is 0.312 e. The second kappa shape index (κ2) is 4.65. The van der Waals surface area contributed by atoms with Crippen molar-refractivity contribution in [2.24, 2.45) is 10.8 Å². The van der Waals surface area contributed by atoms with E-state index in [4.69, 9.17) is 0 Å². The van der Waals surface area contributed by atoms with Crippen molar-refractivity contribution >= 4 is 28.6 Å². The van der Waals surface area contributed by atoms with Crippen molar-refractivity contribution in [3.63, 3.8) is 0 Å². The van der Waals surface area contributed by atoms with E-state index in [-0.39, 0.29) is 30.6 Å². The highest BCUT2D eigenvalue weighted by Gasteiger charge is 2.81. The smallest absolute Gasteiger partial charge is 0.312 e. The predicted molar refractivity (Wildman–Crippen MR) is 83.0 cm³/mol. The molecule has 1 saturated heterocycles. The number of amides is 1. The van der Waals surface area contributed by atoms with Gasteiger partial charge in [-0.05, 0) is 12.5 Å². The van der Waals surface area contributed by atoms with Crippen LogP contribution in [0.25, 0.3) is 10.8 Å². The number of carboxylic acids is 2. The topological polar surface area (TPSA) is 141 Å². The molecule has 1 aromatic heterocycles. The van der Waals surface area contributed by atoms with Crippen LogP contribution in [-0.2, 0) is 9.59 Å². The molecule has 2 aromatic rings. The molecule has 0 unspecified atom stereocenters. The number of H-pyrrole nitrogens is 1. The largest absolute Gasteiger partial charge is 0.481 e. The number of fused-ring (bicyclic) bond motifs is 2. The fourth-order valence-corrected chi connectivity index (χ4v) is 3.86. The van der Waals surface area contributed by atoms with Crippen LogP contribution in [0.2, 0.25) is 0 Å². The summed E-state index contributed by atoms with van der Waals surface area (Å²) in [7, 11) is 0. The Hall–Kier alpha value is -3.23. The Morgan fingerprint density at radius 1 is 1.04 bits per heavy atom. The van der Waals surface area contributed by atoms with Gasteiger partial charge in [0, 0.05) is 18.5 Å². The Morgan fingerprint density at radius 2 is 1.60 bits per heavy atom. The van der Waals surface area contributed by atoms with Crippen LogP contribution in [0.3, 0.4) is 0 Å². The van der Waals surface area contributed by atoms with E-state index < -0.39 is 34.2 Å². The summed E-state index contributed by atoms with van der Waals surface area (Å²) < 4.78 is 0. The number of carbonyl (C=O) groups excluding carboxylic acids is 1. The van der Waals surface area contributed by atoms with Gasteiger partial charge in [-0.3, -0.25) is 19.2 Å². The van der Waals surface area contributed by atoms with Crippen molar-refractivity contribution in [1.82, 2.24) is 15.1 Å². The van der Waals surface area contributed by atoms with Crippen molar-refractivity contribution < 1.29 is 24.6 Å². The number of nitrogens with one attached hydrogen (secondary N) is 1. The second-order valence-electron chi connectivity index (χ2n) is 6.56. The molecule has 4 rings (SSSR count). The fourth-order valence-electron chi connectivity index (χ4n) is 3.86. The normalized spacial score (nSPS) is 27.1. The number of hydrogen-bond acceptors (Lipinski definition) is 5. The van der Waals surface area contributed by atoms with Gasteiger partial charge >= 0.3 is 11.9 Å². The van der Waals surface area contributed by atoms with E-state index in [0.717, 1.165) is 0 Å². The van der Waals surface area contributed by atoms with Gasteiger partial charge < -0.3 is 15.1 Å². The molecule has 0 bridgehead atoms. The van der Waals surface area contributed by atoms with Gasteiger partial charge in [0.15, 0.2) is 5.69 Å². The number of aliphatic carboxylic acids is 2. The molecule has 1 amide bonds. The summed E-state index contributed by atoms with van der Waals surface area (Å²) in [6.07, 6.45) is 0.00818. The van der Waals surface area contributed by atoms with Crippen molar-refractivity contribution in [3.05, 3.63) is 40.3 Å². The zero-order valence-electron chi connectivity index (χ0n) is 12.9. The number of rotatable bonds is 3. The summed E-state index contributed by atoms with van der Waals surface area (Å²) in [5, 5.41) is 25.6. The zero-order valence-corrected chi connectivity index (χ0v) is 12.9. The molecule has 2 aliphatic rings. The number of benzene rings is 1. The number of carbonyl (C=O) groups is 3. The van der Waals surface area contributed by atoms with E-state index in [1.807, 2.05) is 0 Å². The Morgan fingerprint density at radius 3 is 2.16 bits per heavy atom. The van der Waals surface area contributed by atoms with Crippen molar-refractivity contribution in [3.8, 4) is 0 Å². The van der Waals surface area contributed by atoms with E-state index in [1.165, 1.54) is 4.90 Å². The first-order valence-corrected chi connectivity index (χ1v) is 7.56. The number of carboxylic acid groups (broad SMARTS) is 2. The first-order valence-electron chi connectivity index (χ1n) is 7.56. The van der Waals surface area contributed by atoms with E-state index in [2.05, 4.69) is 10.2 Å². The lowest BCUT2D eigenvalue weighted by molar-refractivity contribution is -0.151. The quantitative estimate of drug-likeness (QED) is 0.708. The number of aromatic amines is 1. The van der Waals surface area contributed by atoms with Crippen LogP contribution in [0.4, 0.5) is 0 Å². The molecule has 1 saturated carbocycles. The zero-order chi connectivity index (χ0) is 18.0. The SMILES string of the molecule is O=C(c1n[nH]c(=O)c2ccccc12)N1C[C@@]2(C(=O)O)C[C@@]2(C(=O)O)C1. The third-order valence-corrected chi connectivity index (χ3v) is 5.32. The van der Waals surface area contributed by atoms with Gasteiger partial charge in [0.25, 0.3) is 11.5 Å². The van der Waals surface area contributed by atoms with Crippen LogP contribution in [0, 0.1) is 10.8 Å². The highest BCUT2D eigenvalue weighted by atomic mass is 16.4. The van der Waals surface area contributed by atoms with Crippen LogP contribution in [-0.4, -0.2) is 56.2 Å². The number of piperidine rings is 1. The Bertz CT molecular complexity index is 986. The second-order valence-corrected chi connectivity index (χ2v) is 6.56. The molecular formula is C16H13N3O6. The number of nitrogens with zero attached hydrogens (tertiary/aromatic N) is 2. The molecule has 2 heterocycles. The molecule has 3 N–H and O–H groups in total. The van der Waals surface area contributed by atoms with Gasteiger partial charge in [-0.1, -0.05) is 18.2 Å². The monoisotopic (exact) mass is 343 g/mol. The van der Waals surface area contributed by atoms with Gasteiger partial charge in [0.1, 0.15) is 10.8 Å². The molecule has 9 heteroatoms. The van der Waals surface area contributed by atoms with Crippen LogP contribution in [0.1, 0.15) is 16.9 Å². The van der Waals surface area contributed by atoms with Crippen molar-refractivity contribution in [1.29, 1.82) is 0 Å². The molecule has 0 radical (unpaired) electrons. The molecule has 9 nitrogen and oxygen atoms in total. The molecular weight excluding hydrogens is 330 g/mol. The van der Waals surface area contributed by atoms with Crippen molar-refractivity contribution in [2.75, 3.05) is 13.1 Å². The number of hydrogen-bond donors (Lipinski definition) is 3. The van der Waals surface area contributed by atoms with E-state index >= 15 is 0 Å². The van der Waals surface area contributed by atoms with Gasteiger partial charge in [0.2, 0.25) is 0 Å². The third kappa shape index (κ3) is 1.80. The Balaban J connectivity index is 1.75. The molecule has 1 aliphatic carbocycles. The summed E-state index contributed by atoms with van der Waals surface area (Å²) in [4.78, 5) is 49.0. The molecule has 128 valence electrons. The number of aromatic nitrogens is 2. The maximum absolute atomic E-state index is 12.8. The summed E-state index contributed by atoms with van der Waals surface area (Å²) in [6, 6.07) is 6.42. The standard InChI is InChI=1S/C16H13N3O6/c20-11-9-4-2-1-3-8(9)10(17-18-11)12(21)19-6-15(13(22)23)5-16(15,7-19)14(24)25/h1-4H,5-7H2,(H,18,20)(H,22,23)(H,24,25)/t15-,16+. The lowest BCUT2D eigenvalue weighted by atomic mass is 9.97. The molecule has 1 aliphatic heterocycles. The first kappa shape index (κ1) is 15.3.